The molecule has 2 aliphatic rings. The van der Waals surface area contributed by atoms with Crippen LogP contribution in [0.15, 0.2) is 24.4 Å². The Kier molecular flexibility index (Phi) is 6.51. The number of anilines is 1. The van der Waals surface area contributed by atoms with Gasteiger partial charge in [0.15, 0.2) is 0 Å². The second kappa shape index (κ2) is 9.30. The van der Waals surface area contributed by atoms with E-state index in [-0.39, 0.29) is 11.9 Å². The number of fused-ring (bicyclic) bond motifs is 1. The molecule has 1 saturated heterocycles. The fraction of sp³-hybridized carbons (Fsp3) is 0.583. The first-order valence-corrected chi connectivity index (χ1v) is 11.4. The molecule has 2 aromatic heterocycles. The van der Waals surface area contributed by atoms with Crippen molar-refractivity contribution in [2.45, 2.75) is 58.0 Å². The molecule has 0 aromatic carbocycles. The lowest BCUT2D eigenvalue weighted by Gasteiger charge is -2.35. The Morgan fingerprint density at radius 2 is 2.00 bits per heavy atom. The summed E-state index contributed by atoms with van der Waals surface area (Å²) in [5.74, 6) is 2.50. The van der Waals surface area contributed by atoms with Crippen molar-refractivity contribution in [1.82, 2.24) is 24.8 Å². The molecule has 7 heteroatoms. The van der Waals surface area contributed by atoms with Crippen LogP contribution >= 0.6 is 0 Å². The molecule has 0 aliphatic carbocycles. The van der Waals surface area contributed by atoms with Gasteiger partial charge in [-0.05, 0) is 38.9 Å². The zero-order valence-corrected chi connectivity index (χ0v) is 19.2. The number of carbonyl (C=O) groups excluding carboxylic acids is 1. The van der Waals surface area contributed by atoms with Crippen molar-refractivity contribution in [1.29, 1.82) is 0 Å². The van der Waals surface area contributed by atoms with Crippen molar-refractivity contribution in [3.63, 3.8) is 0 Å². The van der Waals surface area contributed by atoms with Crippen LogP contribution in [0.3, 0.4) is 0 Å². The summed E-state index contributed by atoms with van der Waals surface area (Å²) in [5, 5.41) is 0. The molecule has 0 N–H and O–H groups in total. The number of nitrogens with zero attached hydrogens (tertiary/aromatic N) is 6. The molecule has 2 aromatic rings. The predicted octanol–water partition coefficient (Wildman–Crippen LogP) is 2.65. The average molecular weight is 423 g/mol. The summed E-state index contributed by atoms with van der Waals surface area (Å²) in [7, 11) is 4.31. The molecular weight excluding hydrogens is 388 g/mol. The highest BCUT2D eigenvalue weighted by molar-refractivity contribution is 5.73. The minimum Gasteiger partial charge on any atom is -0.356 e. The second-order valence-corrected chi connectivity index (χ2v) is 9.08. The molecule has 0 radical (unpaired) electrons. The van der Waals surface area contributed by atoms with Gasteiger partial charge in [-0.1, -0.05) is 6.07 Å². The molecule has 0 spiro atoms. The predicted molar refractivity (Wildman–Crippen MR) is 122 cm³/mol. The number of likely N-dealkylation sites (tertiary alicyclic amines) is 1. The molecule has 166 valence electrons. The third-order valence-corrected chi connectivity index (χ3v) is 6.78. The second-order valence-electron chi connectivity index (χ2n) is 9.08. The van der Waals surface area contributed by atoms with Gasteiger partial charge in [0, 0.05) is 82.4 Å². The lowest BCUT2D eigenvalue weighted by molar-refractivity contribution is -0.129. The number of pyridine rings is 1. The van der Waals surface area contributed by atoms with Crippen LogP contribution in [0.4, 0.5) is 5.82 Å². The van der Waals surface area contributed by atoms with Gasteiger partial charge in [-0.3, -0.25) is 9.78 Å². The number of likely N-dealkylation sites (N-methyl/N-ethyl adjacent to an activating group) is 2. The van der Waals surface area contributed by atoms with E-state index in [0.29, 0.717) is 5.92 Å². The topological polar surface area (TPSA) is 65.5 Å². The van der Waals surface area contributed by atoms with Gasteiger partial charge in [0.05, 0.1) is 5.69 Å². The molecule has 1 amide bonds. The highest BCUT2D eigenvalue weighted by Gasteiger charge is 2.29. The molecule has 4 rings (SSSR count). The molecule has 31 heavy (non-hydrogen) atoms. The molecule has 0 saturated carbocycles. The zero-order valence-electron chi connectivity index (χ0n) is 19.2. The van der Waals surface area contributed by atoms with Gasteiger partial charge in [-0.2, -0.15) is 0 Å². The average Bonchev–Trinajstić information content (AvgIpc) is 2.78. The number of carbonyl (C=O) groups is 1. The zero-order chi connectivity index (χ0) is 22.0. The lowest BCUT2D eigenvalue weighted by Crippen LogP contribution is -2.38. The molecule has 1 atom stereocenters. The van der Waals surface area contributed by atoms with Crippen LogP contribution in [0, 0.1) is 0 Å². The summed E-state index contributed by atoms with van der Waals surface area (Å²) in [6.45, 7) is 7.39. The van der Waals surface area contributed by atoms with Crippen LogP contribution in [0.2, 0.25) is 0 Å². The first kappa shape index (κ1) is 21.7. The van der Waals surface area contributed by atoms with Gasteiger partial charge in [0.25, 0.3) is 0 Å². The normalized spacial score (nSPS) is 18.5. The van der Waals surface area contributed by atoms with E-state index in [1.165, 1.54) is 11.3 Å². The third kappa shape index (κ3) is 4.87. The van der Waals surface area contributed by atoms with Crippen molar-refractivity contribution < 1.29 is 4.79 Å². The largest absolute Gasteiger partial charge is 0.356 e. The number of piperidine rings is 1. The molecular formula is C24H34N6O. The molecule has 4 heterocycles. The highest BCUT2D eigenvalue weighted by atomic mass is 16.2. The van der Waals surface area contributed by atoms with Gasteiger partial charge in [-0.15, -0.1) is 0 Å². The number of hydrogen-bond acceptors (Lipinski definition) is 6. The van der Waals surface area contributed by atoms with Crippen LogP contribution in [-0.4, -0.2) is 70.4 Å². The fourth-order valence-corrected chi connectivity index (χ4v) is 4.64. The van der Waals surface area contributed by atoms with Gasteiger partial charge < -0.3 is 14.7 Å². The van der Waals surface area contributed by atoms with E-state index in [1.54, 1.807) is 6.92 Å². The minimum atomic E-state index is 0.164. The van der Waals surface area contributed by atoms with E-state index in [4.69, 9.17) is 9.97 Å². The third-order valence-electron chi connectivity index (χ3n) is 6.78. The van der Waals surface area contributed by atoms with E-state index in [0.717, 1.165) is 69.2 Å². The fourth-order valence-electron chi connectivity index (χ4n) is 4.64. The van der Waals surface area contributed by atoms with Gasteiger partial charge in [-0.25, -0.2) is 9.97 Å². The lowest BCUT2D eigenvalue weighted by atomic mass is 9.95. The van der Waals surface area contributed by atoms with E-state index in [2.05, 4.69) is 41.9 Å². The van der Waals surface area contributed by atoms with E-state index in [9.17, 15) is 4.79 Å². The smallest absolute Gasteiger partial charge is 0.219 e. The van der Waals surface area contributed by atoms with E-state index in [1.807, 2.05) is 23.2 Å². The van der Waals surface area contributed by atoms with Crippen LogP contribution in [0.5, 0.6) is 0 Å². The van der Waals surface area contributed by atoms with Crippen LogP contribution < -0.4 is 4.90 Å². The first-order chi connectivity index (χ1) is 14.9. The monoisotopic (exact) mass is 422 g/mol. The number of aromatic nitrogens is 3. The van der Waals surface area contributed by atoms with Gasteiger partial charge in [0.1, 0.15) is 11.6 Å². The summed E-state index contributed by atoms with van der Waals surface area (Å²) in [4.78, 5) is 33.0. The van der Waals surface area contributed by atoms with Gasteiger partial charge in [0.2, 0.25) is 5.91 Å². The van der Waals surface area contributed by atoms with Crippen molar-refractivity contribution in [3.8, 4) is 0 Å². The van der Waals surface area contributed by atoms with Crippen molar-refractivity contribution in [3.05, 3.63) is 47.2 Å². The minimum absolute atomic E-state index is 0.164. The summed E-state index contributed by atoms with van der Waals surface area (Å²) in [5.41, 5.74) is 3.55. The Morgan fingerprint density at radius 3 is 2.68 bits per heavy atom. The summed E-state index contributed by atoms with van der Waals surface area (Å²) in [6, 6.07) is 6.36. The first-order valence-electron chi connectivity index (χ1n) is 11.4. The van der Waals surface area contributed by atoms with E-state index < -0.39 is 0 Å². The van der Waals surface area contributed by atoms with Crippen LogP contribution in [0.1, 0.15) is 55.4 Å². The molecule has 0 bridgehead atoms. The summed E-state index contributed by atoms with van der Waals surface area (Å²) < 4.78 is 0. The maximum atomic E-state index is 11.7. The number of hydrogen-bond donors (Lipinski definition) is 0. The number of rotatable bonds is 5. The standard InChI is InChI=1S/C24H34N6O/c1-17(15-20-7-5-6-11-25-20)29(4)24-21-16-28(3)12-10-22(21)26-23(27-24)19-8-13-30(14-9-19)18(2)31/h5-7,11,17,19H,8-10,12-16H2,1-4H3/t17-/m1/s1. The van der Waals surface area contributed by atoms with Crippen molar-refractivity contribution in [2.24, 2.45) is 0 Å². The van der Waals surface area contributed by atoms with Crippen molar-refractivity contribution in [2.75, 3.05) is 38.6 Å². The molecule has 0 unspecified atom stereocenters. The Labute approximate surface area is 185 Å². The quantitative estimate of drug-likeness (QED) is 0.738. The Balaban J connectivity index is 1.61. The molecule has 7 nitrogen and oxygen atoms in total. The summed E-state index contributed by atoms with van der Waals surface area (Å²) in [6.07, 6.45) is 5.56. The van der Waals surface area contributed by atoms with E-state index >= 15 is 0 Å². The number of amides is 1. The summed E-state index contributed by atoms with van der Waals surface area (Å²) >= 11 is 0. The Bertz CT molecular complexity index is 910. The van der Waals surface area contributed by atoms with Gasteiger partial charge >= 0.3 is 0 Å². The SMILES string of the molecule is CC(=O)N1CCC(c2nc3c(c(N(C)[C@H](C)Cc4ccccn4)n2)CN(C)CC3)CC1. The molecule has 1 fully saturated rings. The Morgan fingerprint density at radius 1 is 1.23 bits per heavy atom. The Hall–Kier alpha value is -2.54. The maximum absolute atomic E-state index is 11.7. The van der Waals surface area contributed by atoms with Crippen LogP contribution in [-0.2, 0) is 24.2 Å². The maximum Gasteiger partial charge on any atom is 0.219 e. The molecule has 2 aliphatic heterocycles. The highest BCUT2D eigenvalue weighted by Crippen LogP contribution is 2.32. The van der Waals surface area contributed by atoms with Crippen LogP contribution in [0.25, 0.3) is 0 Å². The van der Waals surface area contributed by atoms with Crippen molar-refractivity contribution >= 4 is 11.7 Å².